The number of H-pyrrole nitrogens is 1. The summed E-state index contributed by atoms with van der Waals surface area (Å²) in [7, 11) is 0. The second-order valence-electron chi connectivity index (χ2n) is 1.48. The van der Waals surface area contributed by atoms with Crippen LogP contribution in [0.2, 0.25) is 0 Å². The van der Waals surface area contributed by atoms with Crippen LogP contribution in [0.15, 0.2) is 0 Å². The number of rotatable bonds is 2. The Labute approximate surface area is 54.9 Å². The number of carboxylic acids is 1. The predicted octanol–water partition coefficient (Wildman–Crippen LogP) is -0.685. The largest absolute Gasteiger partial charge is 0.476 e. The molecule has 0 spiro atoms. The lowest BCUT2D eigenvalue weighted by atomic mass is 10.3. The number of nitrogens with one attached hydrogen (secondary N) is 1. The van der Waals surface area contributed by atoms with E-state index in [0.717, 1.165) is 0 Å². The first-order valence-electron chi connectivity index (χ1n) is 2.35. The van der Waals surface area contributed by atoms with Crippen molar-refractivity contribution in [2.45, 2.75) is 0 Å². The van der Waals surface area contributed by atoms with E-state index in [4.69, 9.17) is 5.11 Å². The summed E-state index contributed by atoms with van der Waals surface area (Å²) in [5.41, 5.74) is -0.539. The van der Waals surface area contributed by atoms with Crippen LogP contribution >= 0.6 is 0 Å². The van der Waals surface area contributed by atoms with Crippen molar-refractivity contribution in [2.75, 3.05) is 0 Å². The fourth-order valence-electron chi connectivity index (χ4n) is 0.479. The van der Waals surface area contributed by atoms with Crippen LogP contribution in [-0.2, 0) is 0 Å². The van der Waals surface area contributed by atoms with Crippen LogP contribution in [0.25, 0.3) is 0 Å². The summed E-state index contributed by atoms with van der Waals surface area (Å²) in [6.07, 6.45) is 0.326. The van der Waals surface area contributed by atoms with E-state index in [2.05, 4.69) is 10.2 Å². The third kappa shape index (κ3) is 0.859. The summed E-state index contributed by atoms with van der Waals surface area (Å²) >= 11 is 0. The minimum atomic E-state index is -1.27. The van der Waals surface area contributed by atoms with Crippen molar-refractivity contribution in [1.29, 1.82) is 0 Å². The van der Waals surface area contributed by atoms with E-state index in [1.165, 1.54) is 0 Å². The Kier molecular flexibility index (Phi) is 1.44. The molecule has 0 amide bonds. The number of hydrogen-bond donors (Lipinski definition) is 2. The van der Waals surface area contributed by atoms with Crippen LogP contribution in [0, 0.1) is 0 Å². The molecule has 0 atom stereocenters. The first-order chi connectivity index (χ1) is 4.75. The maximum Gasteiger partial charge on any atom is 0.358 e. The zero-order chi connectivity index (χ0) is 7.56. The highest BCUT2D eigenvalue weighted by atomic mass is 16.4. The number of aromatic carboxylic acids is 1. The van der Waals surface area contributed by atoms with Gasteiger partial charge >= 0.3 is 5.97 Å². The quantitative estimate of drug-likeness (QED) is 0.531. The summed E-state index contributed by atoms with van der Waals surface area (Å²) in [5.74, 6) is -1.27. The highest BCUT2D eigenvalue weighted by Crippen LogP contribution is 1.95. The molecule has 0 bridgehead atoms. The SMILES string of the molecule is O=Cc1n[nH]nc1C(=O)O. The Morgan fingerprint density at radius 2 is 2.30 bits per heavy atom. The second kappa shape index (κ2) is 2.26. The lowest BCUT2D eigenvalue weighted by Crippen LogP contribution is -2.00. The highest BCUT2D eigenvalue weighted by Gasteiger charge is 2.13. The number of carboxylic acid groups (broad SMARTS) is 1. The molecule has 0 unspecified atom stereocenters. The third-order valence-corrected chi connectivity index (χ3v) is 0.889. The fraction of sp³-hybridized carbons (Fsp3) is 0. The van der Waals surface area contributed by atoms with E-state index < -0.39 is 5.97 Å². The van der Waals surface area contributed by atoms with Gasteiger partial charge in [-0.2, -0.15) is 10.3 Å². The van der Waals surface area contributed by atoms with Crippen LogP contribution < -0.4 is 0 Å². The van der Waals surface area contributed by atoms with E-state index in [1.54, 1.807) is 0 Å². The molecule has 0 saturated carbocycles. The van der Waals surface area contributed by atoms with E-state index in [0.29, 0.717) is 6.29 Å². The van der Waals surface area contributed by atoms with E-state index in [9.17, 15) is 9.59 Å². The average molecular weight is 141 g/mol. The van der Waals surface area contributed by atoms with E-state index in [-0.39, 0.29) is 11.4 Å². The van der Waals surface area contributed by atoms with Crippen molar-refractivity contribution in [3.05, 3.63) is 11.4 Å². The molecule has 0 saturated heterocycles. The number of carbonyl (C=O) groups is 2. The molecule has 0 aliphatic heterocycles. The number of nitrogens with zero attached hydrogens (tertiary/aromatic N) is 2. The van der Waals surface area contributed by atoms with Gasteiger partial charge in [-0.25, -0.2) is 4.79 Å². The Hall–Kier alpha value is -1.72. The van der Waals surface area contributed by atoms with Gasteiger partial charge in [-0.05, 0) is 0 Å². The molecule has 0 aromatic carbocycles. The first kappa shape index (κ1) is 6.40. The zero-order valence-electron chi connectivity index (χ0n) is 4.74. The normalized spacial score (nSPS) is 9.20. The van der Waals surface area contributed by atoms with Crippen molar-refractivity contribution in [1.82, 2.24) is 15.4 Å². The van der Waals surface area contributed by atoms with Gasteiger partial charge in [-0.1, -0.05) is 0 Å². The van der Waals surface area contributed by atoms with Gasteiger partial charge in [0.05, 0.1) is 0 Å². The van der Waals surface area contributed by atoms with Gasteiger partial charge in [0, 0.05) is 0 Å². The Morgan fingerprint density at radius 1 is 1.60 bits per heavy atom. The molecule has 2 N–H and O–H groups in total. The molecule has 6 nitrogen and oxygen atoms in total. The molecule has 52 valence electrons. The molecular weight excluding hydrogens is 138 g/mol. The van der Waals surface area contributed by atoms with Gasteiger partial charge in [0.15, 0.2) is 12.0 Å². The molecule has 1 heterocycles. The first-order valence-corrected chi connectivity index (χ1v) is 2.35. The van der Waals surface area contributed by atoms with E-state index in [1.807, 2.05) is 5.21 Å². The molecule has 0 aliphatic carbocycles. The number of aromatic amines is 1. The van der Waals surface area contributed by atoms with Crippen LogP contribution in [0.4, 0.5) is 0 Å². The van der Waals surface area contributed by atoms with Crippen LogP contribution in [-0.4, -0.2) is 32.8 Å². The van der Waals surface area contributed by atoms with Gasteiger partial charge in [0.2, 0.25) is 5.69 Å². The Balaban J connectivity index is 3.13. The summed E-state index contributed by atoms with van der Waals surface area (Å²) < 4.78 is 0. The van der Waals surface area contributed by atoms with E-state index >= 15 is 0 Å². The minimum Gasteiger partial charge on any atom is -0.476 e. The predicted molar refractivity (Wildman–Crippen MR) is 28.7 cm³/mol. The number of hydrogen-bond acceptors (Lipinski definition) is 4. The molecular formula is C4H3N3O3. The fourth-order valence-corrected chi connectivity index (χ4v) is 0.479. The minimum absolute atomic E-state index is 0.187. The van der Waals surface area contributed by atoms with Crippen molar-refractivity contribution >= 4 is 12.3 Å². The monoisotopic (exact) mass is 141 g/mol. The van der Waals surface area contributed by atoms with Crippen molar-refractivity contribution in [2.24, 2.45) is 0 Å². The summed E-state index contributed by atoms with van der Waals surface area (Å²) in [4.78, 5) is 20.2. The van der Waals surface area contributed by atoms with Gasteiger partial charge in [0.25, 0.3) is 0 Å². The maximum absolute atomic E-state index is 10.2. The number of aldehydes is 1. The molecule has 6 heteroatoms. The van der Waals surface area contributed by atoms with Crippen LogP contribution in [0.1, 0.15) is 21.0 Å². The molecule has 0 aliphatic rings. The molecule has 10 heavy (non-hydrogen) atoms. The highest BCUT2D eigenvalue weighted by molar-refractivity contribution is 5.93. The third-order valence-electron chi connectivity index (χ3n) is 0.889. The number of carbonyl (C=O) groups excluding carboxylic acids is 1. The molecule has 1 rings (SSSR count). The van der Waals surface area contributed by atoms with Gasteiger partial charge < -0.3 is 5.11 Å². The average Bonchev–Trinajstić information content (AvgIpc) is 2.33. The standard InChI is InChI=1S/C4H3N3O3/c8-1-2-3(4(9)10)6-7-5-2/h1H,(H,9,10)(H,5,6,7). The lowest BCUT2D eigenvalue weighted by molar-refractivity contribution is 0.0687. The van der Waals surface area contributed by atoms with Gasteiger partial charge in [0.1, 0.15) is 0 Å². The smallest absolute Gasteiger partial charge is 0.358 e. The molecule has 0 radical (unpaired) electrons. The maximum atomic E-state index is 10.2. The zero-order valence-corrected chi connectivity index (χ0v) is 4.74. The van der Waals surface area contributed by atoms with Crippen molar-refractivity contribution < 1.29 is 14.7 Å². The summed E-state index contributed by atoms with van der Waals surface area (Å²) in [5, 5.41) is 16.8. The van der Waals surface area contributed by atoms with Crippen LogP contribution in [0.5, 0.6) is 0 Å². The molecule has 0 fully saturated rings. The number of aromatic nitrogens is 3. The Morgan fingerprint density at radius 3 is 2.70 bits per heavy atom. The molecule has 1 aromatic heterocycles. The molecule has 1 aromatic rings. The van der Waals surface area contributed by atoms with Crippen molar-refractivity contribution in [3.63, 3.8) is 0 Å². The lowest BCUT2D eigenvalue weighted by Gasteiger charge is -1.81. The van der Waals surface area contributed by atoms with Gasteiger partial charge in [-0.3, -0.25) is 4.79 Å². The summed E-state index contributed by atoms with van der Waals surface area (Å²) in [6.45, 7) is 0. The van der Waals surface area contributed by atoms with Crippen LogP contribution in [0.3, 0.4) is 0 Å². The Bertz CT molecular complexity index is 266. The van der Waals surface area contributed by atoms with Crippen molar-refractivity contribution in [3.8, 4) is 0 Å². The topological polar surface area (TPSA) is 95.9 Å². The van der Waals surface area contributed by atoms with Gasteiger partial charge in [-0.15, -0.1) is 5.10 Å². The second-order valence-corrected chi connectivity index (χ2v) is 1.48. The summed E-state index contributed by atoms with van der Waals surface area (Å²) in [6, 6.07) is 0.